The molecule has 1 aliphatic heterocycles. The summed E-state index contributed by atoms with van der Waals surface area (Å²) in [6.45, 7) is 7.39. The van der Waals surface area contributed by atoms with Crippen molar-refractivity contribution in [3.8, 4) is 5.75 Å². The van der Waals surface area contributed by atoms with Gasteiger partial charge in [0.15, 0.2) is 0 Å². The second-order valence-corrected chi connectivity index (χ2v) is 10.8. The van der Waals surface area contributed by atoms with Crippen molar-refractivity contribution < 1.29 is 18.7 Å². The largest absolute Gasteiger partial charge is 0.491 e. The van der Waals surface area contributed by atoms with Gasteiger partial charge in [0.2, 0.25) is 5.91 Å². The first-order chi connectivity index (χ1) is 17.8. The van der Waals surface area contributed by atoms with Gasteiger partial charge in [0, 0.05) is 29.7 Å². The number of fused-ring (bicyclic) bond motifs is 1. The number of anilines is 1. The fourth-order valence-electron chi connectivity index (χ4n) is 4.37. The number of ether oxygens (including phenoxy) is 1. The molecule has 0 fully saturated rings. The second kappa shape index (κ2) is 12.2. The van der Waals surface area contributed by atoms with Crippen LogP contribution < -0.4 is 10.1 Å². The Bertz CT molecular complexity index is 1210. The Kier molecular flexibility index (Phi) is 8.82. The number of halogens is 1. The van der Waals surface area contributed by atoms with Crippen molar-refractivity contribution in [1.29, 1.82) is 0 Å². The third kappa shape index (κ3) is 7.10. The van der Waals surface area contributed by atoms with Crippen LogP contribution in [0.1, 0.15) is 42.3 Å². The van der Waals surface area contributed by atoms with Crippen LogP contribution in [0.15, 0.2) is 60.0 Å². The fraction of sp³-hybridized carbons (Fsp3) is 0.379. The monoisotopic (exact) mass is 523 g/mol. The number of hydrogen-bond donors (Lipinski definition) is 1. The van der Waals surface area contributed by atoms with E-state index in [1.807, 2.05) is 42.6 Å². The molecule has 37 heavy (non-hydrogen) atoms. The fourth-order valence-corrected chi connectivity index (χ4v) is 5.29. The van der Waals surface area contributed by atoms with Gasteiger partial charge in [-0.3, -0.25) is 4.79 Å². The van der Waals surface area contributed by atoms with E-state index in [0.29, 0.717) is 30.4 Å². The Hall–Kier alpha value is -3.39. The van der Waals surface area contributed by atoms with Crippen LogP contribution in [0.3, 0.4) is 0 Å². The molecule has 0 saturated heterocycles. The molecule has 1 atom stereocenters. The van der Waals surface area contributed by atoms with E-state index < -0.39 is 0 Å². The van der Waals surface area contributed by atoms with Crippen molar-refractivity contribution in [2.45, 2.75) is 39.7 Å². The van der Waals surface area contributed by atoms with Crippen LogP contribution in [0.4, 0.5) is 14.9 Å². The Balaban J connectivity index is 1.49. The van der Waals surface area contributed by atoms with Crippen LogP contribution in [0.25, 0.3) is 0 Å². The maximum absolute atomic E-state index is 13.7. The van der Waals surface area contributed by atoms with Gasteiger partial charge >= 0.3 is 6.03 Å². The van der Waals surface area contributed by atoms with E-state index in [-0.39, 0.29) is 36.9 Å². The first-order valence-electron chi connectivity index (χ1n) is 12.7. The van der Waals surface area contributed by atoms with Gasteiger partial charge in [-0.15, -0.1) is 11.3 Å². The van der Waals surface area contributed by atoms with Gasteiger partial charge in [-0.25, -0.2) is 9.18 Å². The van der Waals surface area contributed by atoms with Crippen LogP contribution in [-0.4, -0.2) is 48.0 Å². The highest BCUT2D eigenvalue weighted by atomic mass is 32.1. The zero-order valence-corrected chi connectivity index (χ0v) is 22.4. The first kappa shape index (κ1) is 26.7. The Morgan fingerprint density at radius 3 is 2.70 bits per heavy atom. The number of thiophene rings is 1. The number of benzene rings is 2. The Morgan fingerprint density at radius 2 is 1.97 bits per heavy atom. The van der Waals surface area contributed by atoms with Gasteiger partial charge in [-0.05, 0) is 67.0 Å². The highest BCUT2D eigenvalue weighted by Gasteiger charge is 2.33. The predicted octanol–water partition coefficient (Wildman–Crippen LogP) is 6.28. The molecule has 0 bridgehead atoms. The standard InChI is InChI=1S/C29H34FN3O3S/c1-20(2)11-14-32(29(35)31-23-9-7-21(3)8-10-23)18-28(34)33-15-12-27-25(13-16-37-27)26(33)19-36-24-6-4-5-22(30)17-24/h4-10,13,16-17,20,26H,11-12,14-15,18-19H2,1-3H3,(H,31,35)/t26-/m1/s1. The van der Waals surface area contributed by atoms with Crippen LogP contribution in [-0.2, 0) is 11.2 Å². The molecule has 3 amide bonds. The van der Waals surface area contributed by atoms with E-state index in [1.54, 1.807) is 33.3 Å². The second-order valence-electron chi connectivity index (χ2n) is 9.82. The van der Waals surface area contributed by atoms with Crippen molar-refractivity contribution in [2.75, 3.05) is 31.6 Å². The number of nitrogens with one attached hydrogen (secondary N) is 1. The molecule has 1 N–H and O–H groups in total. The van der Waals surface area contributed by atoms with Crippen molar-refractivity contribution in [2.24, 2.45) is 5.92 Å². The molecule has 6 nitrogen and oxygen atoms in total. The normalized spacial score (nSPS) is 14.8. The van der Waals surface area contributed by atoms with Crippen molar-refractivity contribution >= 4 is 29.0 Å². The summed E-state index contributed by atoms with van der Waals surface area (Å²) >= 11 is 1.67. The third-order valence-corrected chi connectivity index (χ3v) is 7.51. The van der Waals surface area contributed by atoms with E-state index in [4.69, 9.17) is 4.74 Å². The summed E-state index contributed by atoms with van der Waals surface area (Å²) in [5.41, 5.74) is 2.85. The minimum absolute atomic E-state index is 0.0274. The van der Waals surface area contributed by atoms with Crippen molar-refractivity contribution in [1.82, 2.24) is 9.80 Å². The average molecular weight is 524 g/mol. The Morgan fingerprint density at radius 1 is 1.19 bits per heavy atom. The molecule has 0 aliphatic carbocycles. The molecule has 1 aromatic heterocycles. The van der Waals surface area contributed by atoms with Gasteiger partial charge < -0.3 is 19.9 Å². The van der Waals surface area contributed by atoms with Gasteiger partial charge in [0.05, 0.1) is 6.04 Å². The molecular weight excluding hydrogens is 489 g/mol. The van der Waals surface area contributed by atoms with E-state index in [2.05, 4.69) is 19.2 Å². The number of amides is 3. The number of hydrogen-bond acceptors (Lipinski definition) is 4. The van der Waals surface area contributed by atoms with Crippen LogP contribution in [0.2, 0.25) is 0 Å². The number of urea groups is 1. The first-order valence-corrected chi connectivity index (χ1v) is 13.5. The van der Waals surface area contributed by atoms with Crippen LogP contribution in [0, 0.1) is 18.7 Å². The third-order valence-electron chi connectivity index (χ3n) is 6.51. The van der Waals surface area contributed by atoms with Gasteiger partial charge in [-0.2, -0.15) is 0 Å². The molecular formula is C29H34FN3O3S. The summed E-state index contributed by atoms with van der Waals surface area (Å²) < 4.78 is 19.6. The Labute approximate surface area is 222 Å². The van der Waals surface area contributed by atoms with Crippen molar-refractivity contribution in [3.05, 3.63) is 81.8 Å². The van der Waals surface area contributed by atoms with E-state index in [1.165, 1.54) is 17.0 Å². The number of carbonyl (C=O) groups excluding carboxylic acids is 2. The topological polar surface area (TPSA) is 61.9 Å². The molecule has 0 spiro atoms. The van der Waals surface area contributed by atoms with Gasteiger partial charge in [0.1, 0.15) is 24.7 Å². The highest BCUT2D eigenvalue weighted by molar-refractivity contribution is 7.10. The number of nitrogens with zero attached hydrogens (tertiary/aromatic N) is 2. The minimum Gasteiger partial charge on any atom is -0.491 e. The lowest BCUT2D eigenvalue weighted by Gasteiger charge is -2.37. The quantitative estimate of drug-likeness (QED) is 0.359. The number of carbonyl (C=O) groups is 2. The van der Waals surface area contributed by atoms with E-state index in [0.717, 1.165) is 24.0 Å². The summed E-state index contributed by atoms with van der Waals surface area (Å²) in [5.74, 6) is 0.310. The molecule has 196 valence electrons. The molecule has 3 aromatic rings. The van der Waals surface area contributed by atoms with Gasteiger partial charge in [-0.1, -0.05) is 37.6 Å². The zero-order valence-electron chi connectivity index (χ0n) is 21.6. The maximum Gasteiger partial charge on any atom is 0.322 e. The molecule has 0 radical (unpaired) electrons. The van der Waals surface area contributed by atoms with Crippen LogP contribution >= 0.6 is 11.3 Å². The summed E-state index contributed by atoms with van der Waals surface area (Å²) in [7, 11) is 0. The molecule has 4 rings (SSSR count). The lowest BCUT2D eigenvalue weighted by Crippen LogP contribution is -2.49. The average Bonchev–Trinajstić information content (AvgIpc) is 3.35. The van der Waals surface area contributed by atoms with Crippen molar-refractivity contribution in [3.63, 3.8) is 0 Å². The lowest BCUT2D eigenvalue weighted by atomic mass is 10.0. The molecule has 0 saturated carbocycles. The summed E-state index contributed by atoms with van der Waals surface area (Å²) in [6, 6.07) is 15.0. The van der Waals surface area contributed by atoms with Gasteiger partial charge in [0.25, 0.3) is 0 Å². The summed E-state index contributed by atoms with van der Waals surface area (Å²) in [4.78, 5) is 31.5. The smallest absolute Gasteiger partial charge is 0.322 e. The number of rotatable bonds is 9. The van der Waals surface area contributed by atoms with Crippen LogP contribution in [0.5, 0.6) is 5.75 Å². The molecule has 1 aliphatic rings. The number of aryl methyl sites for hydroxylation is 1. The molecule has 2 aromatic carbocycles. The summed E-state index contributed by atoms with van der Waals surface area (Å²) in [6.07, 6.45) is 1.55. The molecule has 2 heterocycles. The van der Waals surface area contributed by atoms with E-state index >= 15 is 0 Å². The maximum atomic E-state index is 13.7. The lowest BCUT2D eigenvalue weighted by molar-refractivity contribution is -0.135. The van der Waals surface area contributed by atoms with E-state index in [9.17, 15) is 14.0 Å². The highest BCUT2D eigenvalue weighted by Crippen LogP contribution is 2.34. The zero-order chi connectivity index (χ0) is 26.4. The SMILES string of the molecule is Cc1ccc(NC(=O)N(CCC(C)C)CC(=O)N2CCc3sccc3[C@H]2COc2cccc(F)c2)cc1. The molecule has 0 unspecified atom stereocenters. The minimum atomic E-state index is -0.370. The predicted molar refractivity (Wildman–Crippen MR) is 146 cm³/mol. The summed E-state index contributed by atoms with van der Waals surface area (Å²) in [5, 5.41) is 4.96. The molecule has 8 heteroatoms.